The van der Waals surface area contributed by atoms with Gasteiger partial charge in [-0.25, -0.2) is 0 Å². The standard InChI is InChI=1S/C25H44O3/c1-4-28-23(27)11-7-10-20-13-14-21-24-19(16-17-25(20,21)3)9-6-5-8-18(2)12-15-22(24)26/h18-22,24,26H,4-17H2,1-3H3. The summed E-state index contributed by atoms with van der Waals surface area (Å²) < 4.78 is 5.11. The maximum Gasteiger partial charge on any atom is 0.305 e. The number of aliphatic hydroxyl groups is 1. The highest BCUT2D eigenvalue weighted by molar-refractivity contribution is 5.69. The Kier molecular flexibility index (Phi) is 7.87. The number of hydrogen-bond acceptors (Lipinski definition) is 3. The lowest BCUT2D eigenvalue weighted by atomic mass is 9.55. The fourth-order valence-electron chi connectivity index (χ4n) is 7.19. The Morgan fingerprint density at radius 2 is 1.86 bits per heavy atom. The molecule has 3 saturated carbocycles. The van der Waals surface area contributed by atoms with Gasteiger partial charge in [0.05, 0.1) is 12.7 Å². The van der Waals surface area contributed by atoms with Crippen molar-refractivity contribution in [2.75, 3.05) is 6.61 Å². The molecular weight excluding hydrogens is 348 g/mol. The van der Waals surface area contributed by atoms with E-state index in [2.05, 4.69) is 13.8 Å². The quantitative estimate of drug-likeness (QED) is 0.572. The van der Waals surface area contributed by atoms with E-state index in [0.717, 1.165) is 37.0 Å². The Hall–Kier alpha value is -0.570. The van der Waals surface area contributed by atoms with Crippen molar-refractivity contribution in [1.29, 1.82) is 0 Å². The second kappa shape index (κ2) is 9.96. The van der Waals surface area contributed by atoms with E-state index >= 15 is 0 Å². The molecule has 3 rings (SSSR count). The van der Waals surface area contributed by atoms with Crippen LogP contribution in [-0.2, 0) is 9.53 Å². The molecule has 3 nitrogen and oxygen atoms in total. The number of rotatable bonds is 5. The van der Waals surface area contributed by atoms with E-state index in [4.69, 9.17) is 4.74 Å². The normalized spacial score (nSPS) is 41.7. The van der Waals surface area contributed by atoms with Gasteiger partial charge in [0.25, 0.3) is 0 Å². The largest absolute Gasteiger partial charge is 0.466 e. The van der Waals surface area contributed by atoms with E-state index < -0.39 is 0 Å². The molecule has 0 saturated heterocycles. The summed E-state index contributed by atoms with van der Waals surface area (Å²) in [6.07, 6.45) is 15.4. The van der Waals surface area contributed by atoms with E-state index in [-0.39, 0.29) is 12.1 Å². The molecule has 3 aliphatic carbocycles. The van der Waals surface area contributed by atoms with E-state index in [1.807, 2.05) is 6.92 Å². The highest BCUT2D eigenvalue weighted by atomic mass is 16.5. The highest BCUT2D eigenvalue weighted by Gasteiger charge is 2.54. The first kappa shape index (κ1) is 22.1. The first-order chi connectivity index (χ1) is 13.5. The molecule has 0 heterocycles. The van der Waals surface area contributed by atoms with Crippen molar-refractivity contribution in [3.05, 3.63) is 0 Å². The predicted octanol–water partition coefficient (Wildman–Crippen LogP) is 6.13. The molecule has 7 atom stereocenters. The summed E-state index contributed by atoms with van der Waals surface area (Å²) >= 11 is 0. The monoisotopic (exact) mass is 392 g/mol. The van der Waals surface area contributed by atoms with Gasteiger partial charge in [-0.3, -0.25) is 4.79 Å². The van der Waals surface area contributed by atoms with Gasteiger partial charge in [0.2, 0.25) is 0 Å². The van der Waals surface area contributed by atoms with Crippen LogP contribution in [0.1, 0.15) is 104 Å². The molecule has 0 aliphatic heterocycles. The van der Waals surface area contributed by atoms with Crippen molar-refractivity contribution in [1.82, 2.24) is 0 Å². The third kappa shape index (κ3) is 4.94. The number of esters is 1. The van der Waals surface area contributed by atoms with Gasteiger partial charge in [-0.05, 0) is 93.3 Å². The van der Waals surface area contributed by atoms with Crippen LogP contribution in [0.5, 0.6) is 0 Å². The average molecular weight is 393 g/mol. The van der Waals surface area contributed by atoms with Gasteiger partial charge in [-0.1, -0.05) is 39.5 Å². The van der Waals surface area contributed by atoms with E-state index in [1.54, 1.807) is 0 Å². The van der Waals surface area contributed by atoms with Gasteiger partial charge in [-0.2, -0.15) is 0 Å². The fraction of sp³-hybridized carbons (Fsp3) is 0.960. The zero-order valence-corrected chi connectivity index (χ0v) is 18.6. The summed E-state index contributed by atoms with van der Waals surface area (Å²) in [5.74, 6) is 3.38. The van der Waals surface area contributed by atoms with E-state index in [9.17, 15) is 9.90 Å². The number of fused-ring (bicyclic) bond motifs is 3. The van der Waals surface area contributed by atoms with Gasteiger partial charge in [0.1, 0.15) is 0 Å². The third-order valence-electron chi connectivity index (χ3n) is 8.83. The van der Waals surface area contributed by atoms with E-state index in [1.165, 1.54) is 57.8 Å². The minimum absolute atomic E-state index is 0.0391. The van der Waals surface area contributed by atoms with Crippen molar-refractivity contribution in [2.45, 2.75) is 110 Å². The number of aliphatic hydroxyl groups excluding tert-OH is 1. The van der Waals surface area contributed by atoms with Crippen LogP contribution in [0.25, 0.3) is 0 Å². The number of ether oxygens (including phenoxy) is 1. The summed E-state index contributed by atoms with van der Waals surface area (Å²) in [7, 11) is 0. The second-order valence-electron chi connectivity index (χ2n) is 10.5. The Balaban J connectivity index is 1.65. The van der Waals surface area contributed by atoms with Crippen LogP contribution in [0.3, 0.4) is 0 Å². The average Bonchev–Trinajstić information content (AvgIpc) is 2.99. The first-order valence-corrected chi connectivity index (χ1v) is 12.3. The summed E-state index contributed by atoms with van der Waals surface area (Å²) in [5, 5.41) is 11.2. The van der Waals surface area contributed by atoms with Crippen molar-refractivity contribution < 1.29 is 14.6 Å². The lowest BCUT2D eigenvalue weighted by molar-refractivity contribution is -0.143. The Morgan fingerprint density at radius 1 is 1.07 bits per heavy atom. The summed E-state index contributed by atoms with van der Waals surface area (Å²) in [6, 6.07) is 0. The van der Waals surface area contributed by atoms with Crippen LogP contribution in [0.4, 0.5) is 0 Å². The molecule has 1 N–H and O–H groups in total. The first-order valence-electron chi connectivity index (χ1n) is 12.3. The Bertz CT molecular complexity index is 504. The van der Waals surface area contributed by atoms with Gasteiger partial charge in [0.15, 0.2) is 0 Å². The van der Waals surface area contributed by atoms with E-state index in [0.29, 0.717) is 30.3 Å². The zero-order chi connectivity index (χ0) is 20.1. The number of carbonyl (C=O) groups excluding carboxylic acids is 1. The summed E-state index contributed by atoms with van der Waals surface area (Å²) in [4.78, 5) is 11.7. The maximum absolute atomic E-state index is 11.7. The molecule has 7 unspecified atom stereocenters. The van der Waals surface area contributed by atoms with Gasteiger partial charge in [-0.15, -0.1) is 0 Å². The van der Waals surface area contributed by atoms with Crippen LogP contribution < -0.4 is 0 Å². The Labute approximate surface area is 173 Å². The number of carbonyl (C=O) groups is 1. The van der Waals surface area contributed by atoms with Crippen LogP contribution in [0.15, 0.2) is 0 Å². The lowest BCUT2D eigenvalue weighted by Crippen LogP contribution is -2.46. The smallest absolute Gasteiger partial charge is 0.305 e. The number of hydrogen-bond donors (Lipinski definition) is 1. The molecule has 0 amide bonds. The van der Waals surface area contributed by atoms with Gasteiger partial charge < -0.3 is 9.84 Å². The van der Waals surface area contributed by atoms with Crippen molar-refractivity contribution in [3.63, 3.8) is 0 Å². The molecule has 28 heavy (non-hydrogen) atoms. The van der Waals surface area contributed by atoms with Gasteiger partial charge in [0, 0.05) is 6.42 Å². The molecular formula is C25H44O3. The highest BCUT2D eigenvalue weighted by Crippen LogP contribution is 2.61. The fourth-order valence-corrected chi connectivity index (χ4v) is 7.19. The Morgan fingerprint density at radius 3 is 2.64 bits per heavy atom. The predicted molar refractivity (Wildman–Crippen MR) is 114 cm³/mol. The molecule has 0 radical (unpaired) electrons. The molecule has 0 aromatic rings. The SMILES string of the molecule is CCOC(=O)CCCC1CCC2C3C(O)CCC(C)CCCCC3CCC12C. The van der Waals surface area contributed by atoms with Crippen molar-refractivity contribution >= 4 is 5.97 Å². The molecule has 0 aromatic carbocycles. The topological polar surface area (TPSA) is 46.5 Å². The zero-order valence-electron chi connectivity index (χ0n) is 18.6. The molecule has 162 valence electrons. The van der Waals surface area contributed by atoms with Gasteiger partial charge >= 0.3 is 5.97 Å². The lowest BCUT2D eigenvalue weighted by Gasteiger charge is -2.51. The molecule has 3 heteroatoms. The van der Waals surface area contributed by atoms with Crippen molar-refractivity contribution in [2.24, 2.45) is 35.0 Å². The third-order valence-corrected chi connectivity index (χ3v) is 8.83. The molecule has 0 spiro atoms. The summed E-state index contributed by atoms with van der Waals surface area (Å²) in [6.45, 7) is 7.25. The molecule has 0 bridgehead atoms. The maximum atomic E-state index is 11.7. The van der Waals surface area contributed by atoms with Crippen molar-refractivity contribution in [3.8, 4) is 0 Å². The molecule has 0 aromatic heterocycles. The second-order valence-corrected chi connectivity index (χ2v) is 10.5. The minimum atomic E-state index is -0.103. The van der Waals surface area contributed by atoms with Crippen LogP contribution in [0.2, 0.25) is 0 Å². The molecule has 3 fully saturated rings. The van der Waals surface area contributed by atoms with Crippen LogP contribution >= 0.6 is 0 Å². The minimum Gasteiger partial charge on any atom is -0.466 e. The van der Waals surface area contributed by atoms with Crippen LogP contribution in [-0.4, -0.2) is 23.8 Å². The van der Waals surface area contributed by atoms with Crippen LogP contribution in [0, 0.1) is 35.0 Å². The molecule has 3 aliphatic rings. The summed E-state index contributed by atoms with van der Waals surface area (Å²) in [5.41, 5.74) is 0.368.